The Bertz CT molecular complexity index is 1060. The van der Waals surface area contributed by atoms with Crippen LogP contribution in [0.1, 0.15) is 15.9 Å². The second-order valence-corrected chi connectivity index (χ2v) is 7.34. The monoisotopic (exact) mass is 393 g/mol. The molecule has 4 rings (SSSR count). The van der Waals surface area contributed by atoms with Crippen LogP contribution in [0.4, 0.5) is 0 Å². The van der Waals surface area contributed by atoms with E-state index in [2.05, 4.69) is 5.32 Å². The Kier molecular flexibility index (Phi) is 5.05. The third-order valence-electron chi connectivity index (χ3n) is 4.09. The van der Waals surface area contributed by atoms with Gasteiger partial charge in [-0.05, 0) is 41.8 Å². The molecule has 4 nitrogen and oxygen atoms in total. The zero-order chi connectivity index (χ0) is 18.6. The third-order valence-corrected chi connectivity index (χ3v) is 5.20. The molecule has 2 heterocycles. The smallest absolute Gasteiger partial charge is 0.251 e. The molecule has 1 N–H and O–H groups in total. The molecule has 0 bridgehead atoms. The molecule has 2 aromatic heterocycles. The summed E-state index contributed by atoms with van der Waals surface area (Å²) in [5, 5.41) is 10.3. The molecular formula is C21H16ClN3OS. The first-order valence-corrected chi connectivity index (χ1v) is 9.68. The van der Waals surface area contributed by atoms with Crippen LogP contribution >= 0.6 is 22.9 Å². The lowest BCUT2D eigenvalue weighted by atomic mass is 10.2. The van der Waals surface area contributed by atoms with Crippen LogP contribution in [0.25, 0.3) is 16.3 Å². The Hall–Kier alpha value is -2.89. The predicted molar refractivity (Wildman–Crippen MR) is 109 cm³/mol. The van der Waals surface area contributed by atoms with E-state index in [4.69, 9.17) is 16.7 Å². The van der Waals surface area contributed by atoms with Crippen molar-refractivity contribution in [3.63, 3.8) is 0 Å². The largest absolute Gasteiger partial charge is 0.348 e. The van der Waals surface area contributed by atoms with Crippen LogP contribution in [0.15, 0.2) is 78.3 Å². The van der Waals surface area contributed by atoms with Crippen LogP contribution < -0.4 is 5.32 Å². The van der Waals surface area contributed by atoms with Gasteiger partial charge in [0.25, 0.3) is 5.91 Å². The number of carbonyl (C=O) groups is 1. The number of carbonyl (C=O) groups excluding carboxylic acids is 1. The van der Waals surface area contributed by atoms with Crippen molar-refractivity contribution in [2.45, 2.75) is 6.54 Å². The van der Waals surface area contributed by atoms with Crippen molar-refractivity contribution >= 4 is 28.8 Å². The molecule has 6 heteroatoms. The molecule has 0 aliphatic heterocycles. The van der Waals surface area contributed by atoms with Crippen molar-refractivity contribution in [3.8, 4) is 16.3 Å². The van der Waals surface area contributed by atoms with Gasteiger partial charge in [-0.25, -0.2) is 4.68 Å². The van der Waals surface area contributed by atoms with Crippen molar-refractivity contribution < 1.29 is 4.79 Å². The van der Waals surface area contributed by atoms with Crippen molar-refractivity contribution in [2.75, 3.05) is 0 Å². The number of para-hydroxylation sites is 1. The summed E-state index contributed by atoms with van der Waals surface area (Å²) in [6, 6.07) is 20.9. The fourth-order valence-electron chi connectivity index (χ4n) is 2.78. The minimum atomic E-state index is -0.165. The topological polar surface area (TPSA) is 46.9 Å². The lowest BCUT2D eigenvalue weighted by molar-refractivity contribution is 0.0951. The molecule has 0 radical (unpaired) electrons. The van der Waals surface area contributed by atoms with Gasteiger partial charge in [0.2, 0.25) is 0 Å². The lowest BCUT2D eigenvalue weighted by Gasteiger charge is -2.05. The van der Waals surface area contributed by atoms with Crippen molar-refractivity contribution in [3.05, 3.63) is 94.5 Å². The van der Waals surface area contributed by atoms with Gasteiger partial charge in [0, 0.05) is 28.9 Å². The van der Waals surface area contributed by atoms with E-state index in [1.54, 1.807) is 35.6 Å². The van der Waals surface area contributed by atoms with Crippen molar-refractivity contribution in [1.82, 2.24) is 15.1 Å². The number of hydrogen-bond donors (Lipinski definition) is 1. The van der Waals surface area contributed by atoms with Crippen LogP contribution in [0.3, 0.4) is 0 Å². The van der Waals surface area contributed by atoms with E-state index in [-0.39, 0.29) is 5.91 Å². The van der Waals surface area contributed by atoms with E-state index < -0.39 is 0 Å². The van der Waals surface area contributed by atoms with E-state index in [0.29, 0.717) is 17.1 Å². The van der Waals surface area contributed by atoms with Gasteiger partial charge in [0.05, 0.1) is 10.6 Å². The zero-order valence-electron chi connectivity index (χ0n) is 14.3. The van der Waals surface area contributed by atoms with Gasteiger partial charge >= 0.3 is 0 Å². The normalized spacial score (nSPS) is 10.7. The van der Waals surface area contributed by atoms with E-state index in [1.807, 2.05) is 58.7 Å². The predicted octanol–water partition coefficient (Wildman–Crippen LogP) is 5.18. The maximum atomic E-state index is 12.5. The number of benzene rings is 2. The summed E-state index contributed by atoms with van der Waals surface area (Å²) < 4.78 is 1.84. The van der Waals surface area contributed by atoms with Gasteiger partial charge in [-0.15, -0.1) is 11.3 Å². The summed E-state index contributed by atoms with van der Waals surface area (Å²) in [6.45, 7) is 0.380. The SMILES string of the molecule is O=C(NCc1cn(-c2ccccc2)nc1-c1cccs1)c1cccc(Cl)c1. The third kappa shape index (κ3) is 3.94. The first-order valence-electron chi connectivity index (χ1n) is 8.42. The van der Waals surface area contributed by atoms with E-state index in [0.717, 1.165) is 21.8 Å². The second-order valence-electron chi connectivity index (χ2n) is 5.95. The number of rotatable bonds is 5. The van der Waals surface area contributed by atoms with Gasteiger partial charge in [0.1, 0.15) is 5.69 Å². The average Bonchev–Trinajstić information content (AvgIpc) is 3.36. The first kappa shape index (κ1) is 17.5. The standard InChI is InChI=1S/C21H16ClN3OS/c22-17-7-4-6-15(12-17)21(26)23-13-16-14-25(18-8-2-1-3-9-18)24-20(16)19-10-5-11-27-19/h1-12,14H,13H2,(H,23,26). The summed E-state index contributed by atoms with van der Waals surface area (Å²) >= 11 is 7.60. The molecular weight excluding hydrogens is 378 g/mol. The molecule has 134 valence electrons. The molecule has 0 saturated carbocycles. The number of thiophene rings is 1. The molecule has 4 aromatic rings. The quantitative estimate of drug-likeness (QED) is 0.507. The molecule has 0 saturated heterocycles. The van der Waals surface area contributed by atoms with E-state index in [1.165, 1.54) is 0 Å². The Morgan fingerprint density at radius 1 is 1.07 bits per heavy atom. The molecule has 2 aromatic carbocycles. The van der Waals surface area contributed by atoms with Gasteiger partial charge in [0.15, 0.2) is 0 Å². The highest BCUT2D eigenvalue weighted by molar-refractivity contribution is 7.13. The van der Waals surface area contributed by atoms with Crippen LogP contribution in [0, 0.1) is 0 Å². The summed E-state index contributed by atoms with van der Waals surface area (Å²) in [4.78, 5) is 13.5. The van der Waals surface area contributed by atoms with Crippen LogP contribution in [-0.4, -0.2) is 15.7 Å². The van der Waals surface area contributed by atoms with Gasteiger partial charge in [-0.3, -0.25) is 4.79 Å². The number of nitrogens with one attached hydrogen (secondary N) is 1. The molecule has 0 atom stereocenters. The highest BCUT2D eigenvalue weighted by Gasteiger charge is 2.14. The fraction of sp³-hybridized carbons (Fsp3) is 0.0476. The van der Waals surface area contributed by atoms with Crippen LogP contribution in [-0.2, 0) is 6.54 Å². The summed E-state index contributed by atoms with van der Waals surface area (Å²) in [7, 11) is 0. The minimum absolute atomic E-state index is 0.165. The number of amides is 1. The summed E-state index contributed by atoms with van der Waals surface area (Å²) in [6.07, 6.45) is 1.96. The van der Waals surface area contributed by atoms with Crippen molar-refractivity contribution in [1.29, 1.82) is 0 Å². The fourth-order valence-corrected chi connectivity index (χ4v) is 3.71. The van der Waals surface area contributed by atoms with Gasteiger partial charge in [-0.1, -0.05) is 41.9 Å². The van der Waals surface area contributed by atoms with Gasteiger partial charge in [-0.2, -0.15) is 5.10 Å². The van der Waals surface area contributed by atoms with Crippen LogP contribution in [0.5, 0.6) is 0 Å². The molecule has 0 aliphatic carbocycles. The Labute approximate surface area is 166 Å². The average molecular weight is 394 g/mol. The maximum absolute atomic E-state index is 12.5. The number of halogens is 1. The first-order chi connectivity index (χ1) is 13.2. The molecule has 0 unspecified atom stereocenters. The minimum Gasteiger partial charge on any atom is -0.348 e. The lowest BCUT2D eigenvalue weighted by Crippen LogP contribution is -2.22. The summed E-state index contributed by atoms with van der Waals surface area (Å²) in [5.74, 6) is -0.165. The number of hydrogen-bond acceptors (Lipinski definition) is 3. The number of nitrogens with zero attached hydrogens (tertiary/aromatic N) is 2. The van der Waals surface area contributed by atoms with Crippen LogP contribution in [0.2, 0.25) is 5.02 Å². The molecule has 27 heavy (non-hydrogen) atoms. The molecule has 0 fully saturated rings. The Balaban J connectivity index is 1.61. The summed E-state index contributed by atoms with van der Waals surface area (Å²) in [5.41, 5.74) is 3.34. The molecule has 0 aliphatic rings. The van der Waals surface area contributed by atoms with E-state index >= 15 is 0 Å². The van der Waals surface area contributed by atoms with E-state index in [9.17, 15) is 4.79 Å². The maximum Gasteiger partial charge on any atom is 0.251 e. The van der Waals surface area contributed by atoms with Gasteiger partial charge < -0.3 is 5.32 Å². The Morgan fingerprint density at radius 2 is 1.93 bits per heavy atom. The second kappa shape index (κ2) is 7.78. The zero-order valence-corrected chi connectivity index (χ0v) is 15.9. The van der Waals surface area contributed by atoms with Crippen molar-refractivity contribution in [2.24, 2.45) is 0 Å². The molecule has 1 amide bonds. The molecule has 0 spiro atoms. The highest BCUT2D eigenvalue weighted by Crippen LogP contribution is 2.27. The number of aromatic nitrogens is 2. The Morgan fingerprint density at radius 3 is 2.67 bits per heavy atom. The highest BCUT2D eigenvalue weighted by atomic mass is 35.5.